The Morgan fingerprint density at radius 1 is 0.415 bits per heavy atom. The third kappa shape index (κ3) is 6.71. The maximum atomic E-state index is 6.25. The Hall–Kier alpha value is -7.41. The fourth-order valence-corrected chi connectivity index (χ4v) is 10.7. The van der Waals surface area contributed by atoms with E-state index in [0.29, 0.717) is 0 Å². The van der Waals surface area contributed by atoms with Crippen molar-refractivity contribution in [2.45, 2.75) is 19.3 Å². The highest BCUT2D eigenvalue weighted by atomic mass is 127. The minimum Gasteiger partial charge on any atom is -0.456 e. The summed E-state index contributed by atoms with van der Waals surface area (Å²) in [6.07, 6.45) is 0. The largest absolute Gasteiger partial charge is 0.456 e. The smallest absolute Gasteiger partial charge is 0.135 e. The molecule has 0 spiro atoms. The van der Waals surface area contributed by atoms with E-state index in [9.17, 15) is 0 Å². The molecule has 0 fully saturated rings. The quantitative estimate of drug-likeness (QED) is 0.174. The van der Waals surface area contributed by atoms with E-state index in [2.05, 4.69) is 247 Å². The lowest BCUT2D eigenvalue weighted by molar-refractivity contribution is 0.487. The van der Waals surface area contributed by atoms with Gasteiger partial charge < -0.3 is 14.6 Å². The standard InChI is InChI=1S/C34H23NO.C27H20IN/c1-2-7-23(8-3-1)24-13-17-26(18-14-24)35-27-19-15-25(16-20-27)28-21-22-31-29-9-4-5-11-32(29)36-33-12-6-10-30(28)34(31)33;1-27(2)23-9-5-3-7-19(23)20-13-12-18(16-24(20)27)29-25-10-6-4-8-21(25)22-15-17(28)11-14-26(22)29/h1-22,35H;3-16H,1-2H3. The van der Waals surface area contributed by atoms with Crippen molar-refractivity contribution < 1.29 is 4.74 Å². The summed E-state index contributed by atoms with van der Waals surface area (Å²) in [7, 11) is 0. The van der Waals surface area contributed by atoms with Crippen LogP contribution in [0.3, 0.4) is 0 Å². The first kappa shape index (κ1) is 39.2. The van der Waals surface area contributed by atoms with Gasteiger partial charge in [0.25, 0.3) is 0 Å². The summed E-state index contributed by atoms with van der Waals surface area (Å²) in [5.74, 6) is 1.83. The summed E-state index contributed by atoms with van der Waals surface area (Å²) >= 11 is 2.40. The molecule has 0 atom stereocenters. The number of anilines is 2. The van der Waals surface area contributed by atoms with E-state index in [4.69, 9.17) is 4.74 Å². The third-order valence-electron chi connectivity index (χ3n) is 13.3. The second-order valence-electron chi connectivity index (χ2n) is 17.5. The van der Waals surface area contributed by atoms with Gasteiger partial charge in [0, 0.05) is 47.8 Å². The lowest BCUT2D eigenvalue weighted by atomic mass is 9.82. The van der Waals surface area contributed by atoms with Crippen LogP contribution in [0.5, 0.6) is 11.5 Å². The lowest BCUT2D eigenvalue weighted by Gasteiger charge is -2.22. The second kappa shape index (κ2) is 15.7. The first-order valence-electron chi connectivity index (χ1n) is 22.2. The van der Waals surface area contributed by atoms with Crippen molar-refractivity contribution in [3.8, 4) is 61.7 Å². The molecule has 2 heterocycles. The van der Waals surface area contributed by atoms with Crippen LogP contribution in [0.4, 0.5) is 11.4 Å². The molecule has 11 aromatic rings. The monoisotopic (exact) mass is 946 g/mol. The van der Waals surface area contributed by atoms with E-state index in [-0.39, 0.29) is 5.41 Å². The van der Waals surface area contributed by atoms with Gasteiger partial charge >= 0.3 is 0 Å². The molecule has 1 aliphatic heterocycles. The Kier molecular flexibility index (Phi) is 9.46. The predicted octanol–water partition coefficient (Wildman–Crippen LogP) is 17.4. The maximum Gasteiger partial charge on any atom is 0.135 e. The molecule has 10 aromatic carbocycles. The summed E-state index contributed by atoms with van der Waals surface area (Å²) in [4.78, 5) is 0. The number of nitrogens with zero attached hydrogens (tertiary/aromatic N) is 1. The van der Waals surface area contributed by atoms with Gasteiger partial charge in [-0.2, -0.15) is 0 Å². The van der Waals surface area contributed by atoms with Gasteiger partial charge in [0.05, 0.1) is 11.0 Å². The molecule has 310 valence electrons. The van der Waals surface area contributed by atoms with Gasteiger partial charge in [0.15, 0.2) is 0 Å². The molecule has 3 nitrogen and oxygen atoms in total. The van der Waals surface area contributed by atoms with Crippen LogP contribution < -0.4 is 10.1 Å². The number of benzene rings is 10. The minimum atomic E-state index is 0.01000. The Bertz CT molecular complexity index is 3620. The molecule has 1 aromatic heterocycles. The molecular formula is C61H43IN2O. The summed E-state index contributed by atoms with van der Waals surface area (Å²) in [6.45, 7) is 4.69. The van der Waals surface area contributed by atoms with Crippen molar-refractivity contribution in [1.82, 2.24) is 4.57 Å². The van der Waals surface area contributed by atoms with E-state index in [1.807, 2.05) is 18.2 Å². The molecular weight excluding hydrogens is 904 g/mol. The van der Waals surface area contributed by atoms with Gasteiger partial charge in [-0.1, -0.05) is 159 Å². The molecule has 0 radical (unpaired) electrons. The molecule has 1 aliphatic carbocycles. The van der Waals surface area contributed by atoms with Crippen LogP contribution in [0.15, 0.2) is 218 Å². The Balaban J connectivity index is 0.000000140. The maximum absolute atomic E-state index is 6.25. The Morgan fingerprint density at radius 2 is 1.02 bits per heavy atom. The molecule has 1 N–H and O–H groups in total. The number of fused-ring (bicyclic) bond motifs is 8. The topological polar surface area (TPSA) is 26.2 Å². The van der Waals surface area contributed by atoms with Gasteiger partial charge in [0.2, 0.25) is 0 Å². The van der Waals surface area contributed by atoms with E-state index in [1.54, 1.807) is 0 Å². The van der Waals surface area contributed by atoms with Crippen LogP contribution in [0.2, 0.25) is 0 Å². The Morgan fingerprint density at radius 3 is 1.83 bits per heavy atom. The second-order valence-corrected chi connectivity index (χ2v) is 18.7. The summed E-state index contributed by atoms with van der Waals surface area (Å²) in [6, 6.07) is 78.0. The van der Waals surface area contributed by atoms with E-state index < -0.39 is 0 Å². The highest BCUT2D eigenvalue weighted by molar-refractivity contribution is 14.1. The van der Waals surface area contributed by atoms with Gasteiger partial charge in [-0.3, -0.25) is 0 Å². The molecule has 13 rings (SSSR count). The van der Waals surface area contributed by atoms with Gasteiger partial charge in [0.1, 0.15) is 11.5 Å². The average molecular weight is 947 g/mol. The summed E-state index contributed by atoms with van der Waals surface area (Å²) in [5, 5.41) is 8.53. The Labute approximate surface area is 392 Å². The van der Waals surface area contributed by atoms with Crippen LogP contribution in [-0.4, -0.2) is 4.57 Å². The molecule has 2 aliphatic rings. The van der Waals surface area contributed by atoms with Crippen LogP contribution in [-0.2, 0) is 5.41 Å². The fraction of sp³-hybridized carbons (Fsp3) is 0.0492. The van der Waals surface area contributed by atoms with Gasteiger partial charge in [-0.15, -0.1) is 0 Å². The zero-order valence-electron chi connectivity index (χ0n) is 36.0. The summed E-state index contributed by atoms with van der Waals surface area (Å²) in [5.41, 5.74) is 18.7. The number of ether oxygens (including phenoxy) is 1. The molecule has 0 saturated carbocycles. The van der Waals surface area contributed by atoms with Crippen molar-refractivity contribution in [3.63, 3.8) is 0 Å². The van der Waals surface area contributed by atoms with E-state index in [1.165, 1.54) is 91.9 Å². The molecule has 0 bridgehead atoms. The van der Waals surface area contributed by atoms with Crippen LogP contribution in [0.1, 0.15) is 25.0 Å². The number of hydrogen-bond donors (Lipinski definition) is 1. The van der Waals surface area contributed by atoms with Gasteiger partial charge in [-0.05, 0) is 151 Å². The highest BCUT2D eigenvalue weighted by Gasteiger charge is 2.35. The predicted molar refractivity (Wildman–Crippen MR) is 281 cm³/mol. The highest BCUT2D eigenvalue weighted by Crippen LogP contribution is 2.50. The number of halogens is 1. The van der Waals surface area contributed by atoms with E-state index in [0.717, 1.165) is 28.4 Å². The number of rotatable bonds is 5. The molecule has 4 heteroatoms. The molecule has 0 amide bonds. The SMILES string of the molecule is CC1(C)c2ccccc2-c2ccc(-n3c4ccccc4c4cc(I)ccc43)cc21.c1ccc(-c2ccc(Nc3ccc(-c4ccc5c6c(cccc46)Oc4ccccc4-5)cc3)cc2)cc1. The average Bonchev–Trinajstić information content (AvgIpc) is 3.80. The number of hydrogen-bond acceptors (Lipinski definition) is 2. The van der Waals surface area contributed by atoms with Crippen molar-refractivity contribution >= 4 is 66.5 Å². The zero-order valence-corrected chi connectivity index (χ0v) is 38.2. The molecule has 0 saturated heterocycles. The normalized spacial score (nSPS) is 12.8. The van der Waals surface area contributed by atoms with Crippen LogP contribution >= 0.6 is 22.6 Å². The fourth-order valence-electron chi connectivity index (χ4n) is 10.2. The van der Waals surface area contributed by atoms with Crippen molar-refractivity contribution in [2.75, 3.05) is 5.32 Å². The zero-order chi connectivity index (χ0) is 43.6. The number of para-hydroxylation sites is 2. The van der Waals surface area contributed by atoms with Crippen molar-refractivity contribution in [2.24, 2.45) is 0 Å². The van der Waals surface area contributed by atoms with E-state index >= 15 is 0 Å². The number of aromatic nitrogens is 1. The van der Waals surface area contributed by atoms with Crippen LogP contribution in [0.25, 0.3) is 82.8 Å². The molecule has 65 heavy (non-hydrogen) atoms. The third-order valence-corrected chi connectivity index (χ3v) is 14.0. The van der Waals surface area contributed by atoms with Gasteiger partial charge in [-0.25, -0.2) is 0 Å². The van der Waals surface area contributed by atoms with Crippen molar-refractivity contribution in [3.05, 3.63) is 233 Å². The minimum absolute atomic E-state index is 0.01000. The first-order chi connectivity index (χ1) is 31.9. The van der Waals surface area contributed by atoms with Crippen molar-refractivity contribution in [1.29, 1.82) is 0 Å². The first-order valence-corrected chi connectivity index (χ1v) is 23.3. The lowest BCUT2D eigenvalue weighted by Crippen LogP contribution is -2.15. The molecule has 0 unspecified atom stereocenters. The number of nitrogens with one attached hydrogen (secondary N) is 1. The van der Waals surface area contributed by atoms with Crippen LogP contribution in [0, 0.1) is 3.57 Å². The summed E-state index contributed by atoms with van der Waals surface area (Å²) < 4.78 is 9.94.